The summed E-state index contributed by atoms with van der Waals surface area (Å²) >= 11 is 0. The minimum absolute atomic E-state index is 0.0127. The lowest BCUT2D eigenvalue weighted by molar-refractivity contribution is -0.146. The molecule has 0 saturated carbocycles. The number of carbonyl (C=O) groups is 2. The highest BCUT2D eigenvalue weighted by Crippen LogP contribution is 2.43. The Hall–Kier alpha value is -2.62. The minimum atomic E-state index is -0.363. The third-order valence-corrected chi connectivity index (χ3v) is 3.86. The minimum Gasteiger partial charge on any atom is -0.465 e. The van der Waals surface area contributed by atoms with Gasteiger partial charge in [0.2, 0.25) is 5.91 Å². The van der Waals surface area contributed by atoms with E-state index in [0.717, 1.165) is 11.3 Å². The Morgan fingerprint density at radius 2 is 1.64 bits per heavy atom. The van der Waals surface area contributed by atoms with Crippen molar-refractivity contribution >= 4 is 17.6 Å². The molecule has 0 aliphatic carbocycles. The molecule has 0 bridgehead atoms. The van der Waals surface area contributed by atoms with Crippen LogP contribution in [0.5, 0.6) is 0 Å². The largest absolute Gasteiger partial charge is 0.465 e. The topological polar surface area (TPSA) is 46.6 Å². The average molecular weight is 295 g/mol. The maximum Gasteiger partial charge on any atom is 0.302 e. The first-order valence-electron chi connectivity index (χ1n) is 7.25. The number of nitrogens with zero attached hydrogens (tertiary/aromatic N) is 1. The Balaban J connectivity index is 1.90. The number of amides is 1. The summed E-state index contributed by atoms with van der Waals surface area (Å²) in [6, 6.07) is 19.3. The molecule has 1 aliphatic heterocycles. The van der Waals surface area contributed by atoms with Gasteiger partial charge in [-0.25, -0.2) is 0 Å². The first kappa shape index (κ1) is 14.3. The van der Waals surface area contributed by atoms with E-state index in [4.69, 9.17) is 4.74 Å². The van der Waals surface area contributed by atoms with E-state index in [1.54, 1.807) is 4.90 Å². The summed E-state index contributed by atoms with van der Waals surface area (Å²) in [6.07, 6.45) is 0. The van der Waals surface area contributed by atoms with Gasteiger partial charge in [0.1, 0.15) is 6.61 Å². The molecule has 0 unspecified atom stereocenters. The molecule has 2 atom stereocenters. The highest BCUT2D eigenvalue weighted by Gasteiger charge is 2.49. The lowest BCUT2D eigenvalue weighted by Crippen LogP contribution is -2.57. The van der Waals surface area contributed by atoms with E-state index in [1.165, 1.54) is 6.92 Å². The van der Waals surface area contributed by atoms with Gasteiger partial charge in [-0.3, -0.25) is 9.59 Å². The van der Waals surface area contributed by atoms with E-state index in [2.05, 4.69) is 0 Å². The number of hydrogen-bond donors (Lipinski definition) is 0. The molecule has 0 radical (unpaired) electrons. The van der Waals surface area contributed by atoms with Crippen molar-refractivity contribution in [2.75, 3.05) is 11.5 Å². The molecule has 112 valence electrons. The van der Waals surface area contributed by atoms with Crippen molar-refractivity contribution < 1.29 is 14.3 Å². The zero-order valence-corrected chi connectivity index (χ0v) is 12.3. The summed E-state index contributed by atoms with van der Waals surface area (Å²) < 4.78 is 5.07. The lowest BCUT2D eigenvalue weighted by Gasteiger charge is -2.47. The summed E-state index contributed by atoms with van der Waals surface area (Å²) in [7, 11) is 0. The molecule has 4 nitrogen and oxygen atoms in total. The Morgan fingerprint density at radius 3 is 2.23 bits per heavy atom. The smallest absolute Gasteiger partial charge is 0.302 e. The summed E-state index contributed by atoms with van der Waals surface area (Å²) in [5, 5.41) is 0. The van der Waals surface area contributed by atoms with E-state index in [0.29, 0.717) is 0 Å². The summed E-state index contributed by atoms with van der Waals surface area (Å²) in [5.74, 6) is -0.703. The van der Waals surface area contributed by atoms with Gasteiger partial charge in [-0.05, 0) is 17.7 Å². The van der Waals surface area contributed by atoms with Crippen LogP contribution in [0.4, 0.5) is 5.69 Å². The normalized spacial score (nSPS) is 20.4. The molecular weight excluding hydrogens is 278 g/mol. The molecule has 1 heterocycles. The maximum atomic E-state index is 12.5. The number of hydrogen-bond acceptors (Lipinski definition) is 3. The maximum absolute atomic E-state index is 12.5. The first-order valence-corrected chi connectivity index (χ1v) is 7.25. The van der Waals surface area contributed by atoms with Crippen molar-refractivity contribution in [3.8, 4) is 0 Å². The zero-order valence-electron chi connectivity index (χ0n) is 12.3. The first-order chi connectivity index (χ1) is 10.7. The van der Waals surface area contributed by atoms with Crippen molar-refractivity contribution in [2.45, 2.75) is 13.0 Å². The summed E-state index contributed by atoms with van der Waals surface area (Å²) in [5.41, 5.74) is 1.91. The fourth-order valence-electron chi connectivity index (χ4n) is 2.83. The Labute approximate surface area is 129 Å². The number of anilines is 1. The molecule has 0 aromatic heterocycles. The number of benzene rings is 2. The number of para-hydroxylation sites is 1. The molecule has 1 aliphatic rings. The van der Waals surface area contributed by atoms with Gasteiger partial charge >= 0.3 is 5.97 Å². The number of rotatable bonds is 4. The summed E-state index contributed by atoms with van der Waals surface area (Å²) in [6.45, 7) is 1.48. The van der Waals surface area contributed by atoms with Gasteiger partial charge in [-0.1, -0.05) is 48.5 Å². The van der Waals surface area contributed by atoms with E-state index < -0.39 is 0 Å². The van der Waals surface area contributed by atoms with Crippen LogP contribution in [0, 0.1) is 5.92 Å². The third kappa shape index (κ3) is 2.60. The van der Waals surface area contributed by atoms with Crippen LogP contribution in [-0.4, -0.2) is 18.5 Å². The number of carbonyl (C=O) groups excluding carboxylic acids is 2. The van der Waals surface area contributed by atoms with E-state index >= 15 is 0 Å². The summed E-state index contributed by atoms with van der Waals surface area (Å²) in [4.78, 5) is 25.3. The number of ether oxygens (including phenoxy) is 1. The molecule has 2 aromatic rings. The average Bonchev–Trinajstić information content (AvgIpc) is 2.54. The van der Waals surface area contributed by atoms with Crippen LogP contribution in [-0.2, 0) is 14.3 Å². The molecule has 0 spiro atoms. The van der Waals surface area contributed by atoms with Crippen LogP contribution in [0.3, 0.4) is 0 Å². The Morgan fingerprint density at radius 1 is 1.05 bits per heavy atom. The second-order valence-electron chi connectivity index (χ2n) is 5.31. The Bertz CT molecular complexity index is 669. The van der Waals surface area contributed by atoms with Crippen LogP contribution < -0.4 is 4.90 Å². The van der Waals surface area contributed by atoms with Crippen molar-refractivity contribution in [2.24, 2.45) is 5.92 Å². The second-order valence-corrected chi connectivity index (χ2v) is 5.31. The molecule has 1 amide bonds. The fourth-order valence-corrected chi connectivity index (χ4v) is 2.83. The number of β-lactam (4-membered cyclic amide) rings is 1. The van der Waals surface area contributed by atoms with E-state index in [-0.39, 0.29) is 30.4 Å². The quantitative estimate of drug-likeness (QED) is 0.643. The molecule has 1 saturated heterocycles. The molecule has 4 heteroatoms. The highest BCUT2D eigenvalue weighted by atomic mass is 16.5. The molecule has 3 rings (SSSR count). The van der Waals surface area contributed by atoms with Crippen LogP contribution in [0.25, 0.3) is 0 Å². The van der Waals surface area contributed by atoms with Gasteiger partial charge in [0.15, 0.2) is 0 Å². The monoisotopic (exact) mass is 295 g/mol. The van der Waals surface area contributed by atoms with Gasteiger partial charge in [0.05, 0.1) is 12.0 Å². The number of esters is 1. The SMILES string of the molecule is CC(=O)OC[C@@H]1C(=O)N(c2ccccc2)[C@@H]1c1ccccc1. The zero-order chi connectivity index (χ0) is 15.5. The van der Waals surface area contributed by atoms with Crippen molar-refractivity contribution in [3.63, 3.8) is 0 Å². The third-order valence-electron chi connectivity index (χ3n) is 3.86. The molecule has 1 fully saturated rings. The van der Waals surface area contributed by atoms with E-state index in [9.17, 15) is 9.59 Å². The van der Waals surface area contributed by atoms with Crippen molar-refractivity contribution in [3.05, 3.63) is 66.2 Å². The van der Waals surface area contributed by atoms with Crippen molar-refractivity contribution in [1.29, 1.82) is 0 Å². The Kier molecular flexibility index (Phi) is 3.92. The van der Waals surface area contributed by atoms with Crippen LogP contribution in [0.1, 0.15) is 18.5 Å². The standard InChI is InChI=1S/C18H17NO3/c1-13(20)22-12-16-17(14-8-4-2-5-9-14)19(18(16)21)15-10-6-3-7-11-15/h2-11,16-17H,12H2,1H3/t16-,17+/m0/s1. The van der Waals surface area contributed by atoms with Gasteiger partial charge in [-0.15, -0.1) is 0 Å². The molecule has 22 heavy (non-hydrogen) atoms. The highest BCUT2D eigenvalue weighted by molar-refractivity contribution is 6.03. The molecule has 0 N–H and O–H groups in total. The predicted molar refractivity (Wildman–Crippen MR) is 83.2 cm³/mol. The fraction of sp³-hybridized carbons (Fsp3) is 0.222. The molecular formula is C18H17NO3. The van der Waals surface area contributed by atoms with Crippen LogP contribution in [0.2, 0.25) is 0 Å². The molecule has 2 aromatic carbocycles. The van der Waals surface area contributed by atoms with Gasteiger partial charge in [0, 0.05) is 12.6 Å². The van der Waals surface area contributed by atoms with Crippen molar-refractivity contribution in [1.82, 2.24) is 0 Å². The van der Waals surface area contributed by atoms with Crippen LogP contribution in [0.15, 0.2) is 60.7 Å². The van der Waals surface area contributed by atoms with Crippen LogP contribution >= 0.6 is 0 Å². The second kappa shape index (κ2) is 6.02. The predicted octanol–water partition coefficient (Wildman–Crippen LogP) is 2.95. The van der Waals surface area contributed by atoms with E-state index in [1.807, 2.05) is 60.7 Å². The van der Waals surface area contributed by atoms with Gasteiger partial charge in [-0.2, -0.15) is 0 Å². The lowest BCUT2D eigenvalue weighted by atomic mass is 9.82. The van der Waals surface area contributed by atoms with Gasteiger partial charge in [0.25, 0.3) is 0 Å². The van der Waals surface area contributed by atoms with Gasteiger partial charge < -0.3 is 9.64 Å².